The number of piperidine rings is 1. The molecule has 2 N–H and O–H groups in total. The van der Waals surface area contributed by atoms with Gasteiger partial charge in [-0.05, 0) is 36.8 Å². The molecule has 2 fully saturated rings. The highest BCUT2D eigenvalue weighted by molar-refractivity contribution is 5.75. The van der Waals surface area contributed by atoms with E-state index in [1.54, 1.807) is 23.8 Å². The highest BCUT2D eigenvalue weighted by Crippen LogP contribution is 2.35. The minimum absolute atomic E-state index is 0.142. The Hall–Kier alpha value is -4.45. The Morgan fingerprint density at radius 3 is 2.63 bits per heavy atom. The van der Waals surface area contributed by atoms with E-state index in [1.165, 1.54) is 15.6 Å². The van der Waals surface area contributed by atoms with Gasteiger partial charge < -0.3 is 19.9 Å². The van der Waals surface area contributed by atoms with Gasteiger partial charge in [0.1, 0.15) is 11.9 Å². The maximum Gasteiger partial charge on any atom is 0.407 e. The summed E-state index contributed by atoms with van der Waals surface area (Å²) in [5.41, 5.74) is 3.37. The van der Waals surface area contributed by atoms with Crippen LogP contribution in [0.2, 0.25) is 0 Å². The van der Waals surface area contributed by atoms with Crippen molar-refractivity contribution in [3.05, 3.63) is 64.8 Å². The molecule has 2 saturated heterocycles. The summed E-state index contributed by atoms with van der Waals surface area (Å²) in [5.74, 6) is 1.76. The van der Waals surface area contributed by atoms with Crippen LogP contribution in [0.25, 0.3) is 16.6 Å². The molecular weight excluding hydrogens is 490 g/mol. The largest absolute Gasteiger partial charge is 0.488 e. The first kappa shape index (κ1) is 23.9. The number of nitrogens with one attached hydrogen (secondary N) is 1. The molecule has 0 saturated carbocycles. The van der Waals surface area contributed by atoms with Crippen molar-refractivity contribution in [1.29, 1.82) is 0 Å². The molecule has 0 radical (unpaired) electrons. The zero-order valence-corrected chi connectivity index (χ0v) is 20.9. The fraction of sp³-hybridized carbons (Fsp3) is 0.346. The molecule has 1 unspecified atom stereocenters. The number of nitrogens with zero attached hydrogens (tertiary/aromatic N) is 6. The van der Waals surface area contributed by atoms with Crippen molar-refractivity contribution in [2.45, 2.75) is 38.0 Å². The number of aromatic nitrogens is 5. The summed E-state index contributed by atoms with van der Waals surface area (Å²) < 4.78 is 15.1. The van der Waals surface area contributed by atoms with Crippen LogP contribution in [0.3, 0.4) is 0 Å². The average molecular weight is 518 g/mol. The molecule has 4 aromatic heterocycles. The van der Waals surface area contributed by atoms with Gasteiger partial charge in [-0.25, -0.2) is 14.0 Å². The van der Waals surface area contributed by atoms with E-state index in [4.69, 9.17) is 9.47 Å². The normalized spacial score (nSPS) is 20.9. The molecular formula is C26H27N7O5. The molecule has 38 heavy (non-hydrogen) atoms. The van der Waals surface area contributed by atoms with Gasteiger partial charge in [-0.2, -0.15) is 10.2 Å². The number of fused-ring (bicyclic) bond motifs is 3. The number of rotatable bonds is 5. The van der Waals surface area contributed by atoms with E-state index in [0.717, 1.165) is 22.3 Å². The quantitative estimate of drug-likeness (QED) is 0.409. The highest BCUT2D eigenvalue weighted by Gasteiger charge is 2.42. The molecule has 6 heterocycles. The van der Waals surface area contributed by atoms with Crippen molar-refractivity contribution in [3.63, 3.8) is 0 Å². The molecule has 2 bridgehead atoms. The van der Waals surface area contributed by atoms with Gasteiger partial charge in [0.2, 0.25) is 0 Å². The summed E-state index contributed by atoms with van der Waals surface area (Å²) in [6.07, 6.45) is 3.68. The van der Waals surface area contributed by atoms with Gasteiger partial charge in [0.25, 0.3) is 5.56 Å². The lowest BCUT2D eigenvalue weighted by atomic mass is 9.92. The van der Waals surface area contributed by atoms with Crippen molar-refractivity contribution in [3.8, 4) is 16.9 Å². The fourth-order valence-corrected chi connectivity index (χ4v) is 5.24. The van der Waals surface area contributed by atoms with Gasteiger partial charge in [0, 0.05) is 49.5 Å². The monoisotopic (exact) mass is 517 g/mol. The third kappa shape index (κ3) is 4.54. The van der Waals surface area contributed by atoms with Crippen molar-refractivity contribution in [1.82, 2.24) is 29.3 Å². The van der Waals surface area contributed by atoms with Crippen LogP contribution in [0.15, 0.2) is 53.6 Å². The van der Waals surface area contributed by atoms with Gasteiger partial charge in [-0.15, -0.1) is 0 Å². The molecule has 0 aromatic carbocycles. The molecule has 1 amide bonds. The van der Waals surface area contributed by atoms with Crippen molar-refractivity contribution in [2.24, 2.45) is 7.05 Å². The van der Waals surface area contributed by atoms with E-state index in [9.17, 15) is 14.7 Å². The van der Waals surface area contributed by atoms with E-state index in [-0.39, 0.29) is 23.7 Å². The van der Waals surface area contributed by atoms with Crippen molar-refractivity contribution in [2.75, 3.05) is 18.5 Å². The van der Waals surface area contributed by atoms with Crippen LogP contribution in [-0.4, -0.2) is 71.9 Å². The second-order valence-corrected chi connectivity index (χ2v) is 9.69. The molecule has 4 aromatic rings. The lowest BCUT2D eigenvalue weighted by Crippen LogP contribution is -2.60. The number of ether oxygens (including phenoxy) is 2. The summed E-state index contributed by atoms with van der Waals surface area (Å²) >= 11 is 0. The predicted molar refractivity (Wildman–Crippen MR) is 138 cm³/mol. The summed E-state index contributed by atoms with van der Waals surface area (Å²) in [5, 5.41) is 21.5. The second-order valence-electron chi connectivity index (χ2n) is 9.69. The lowest BCUT2D eigenvalue weighted by molar-refractivity contribution is -0.0857. The predicted octanol–water partition coefficient (Wildman–Crippen LogP) is 2.83. The molecule has 196 valence electrons. The lowest BCUT2D eigenvalue weighted by Gasteiger charge is -2.46. The molecule has 2 aliphatic rings. The Bertz CT molecular complexity index is 1570. The number of hydrogen-bond donors (Lipinski definition) is 2. The van der Waals surface area contributed by atoms with Gasteiger partial charge >= 0.3 is 6.09 Å². The number of anilines is 2. The Kier molecular flexibility index (Phi) is 5.95. The first-order valence-corrected chi connectivity index (χ1v) is 12.4. The van der Waals surface area contributed by atoms with Crippen LogP contribution in [0, 0.1) is 6.92 Å². The first-order valence-electron chi connectivity index (χ1n) is 12.4. The van der Waals surface area contributed by atoms with Crippen molar-refractivity contribution >= 4 is 23.2 Å². The van der Waals surface area contributed by atoms with Crippen LogP contribution < -0.4 is 15.6 Å². The molecule has 3 atom stereocenters. The smallest absolute Gasteiger partial charge is 0.407 e. The van der Waals surface area contributed by atoms with E-state index < -0.39 is 6.09 Å². The Morgan fingerprint density at radius 2 is 1.89 bits per heavy atom. The zero-order valence-electron chi connectivity index (χ0n) is 20.9. The molecule has 2 aliphatic heterocycles. The van der Waals surface area contributed by atoms with Crippen LogP contribution in [-0.2, 0) is 11.8 Å². The Morgan fingerprint density at radius 1 is 1.11 bits per heavy atom. The minimum Gasteiger partial charge on any atom is -0.488 e. The van der Waals surface area contributed by atoms with Crippen LogP contribution in [0.4, 0.5) is 16.4 Å². The summed E-state index contributed by atoms with van der Waals surface area (Å²) in [6, 6.07) is 10.5. The van der Waals surface area contributed by atoms with E-state index in [0.29, 0.717) is 43.4 Å². The van der Waals surface area contributed by atoms with Gasteiger partial charge in [-0.1, -0.05) is 0 Å². The number of aryl methyl sites for hydroxylation is 2. The summed E-state index contributed by atoms with van der Waals surface area (Å²) in [6.45, 7) is 2.69. The van der Waals surface area contributed by atoms with Crippen LogP contribution in [0.5, 0.6) is 5.75 Å². The number of pyridine rings is 2. The first-order chi connectivity index (χ1) is 18.3. The molecule has 12 heteroatoms. The Labute approximate surface area is 217 Å². The molecule has 0 aliphatic carbocycles. The van der Waals surface area contributed by atoms with Gasteiger partial charge in [0.15, 0.2) is 11.6 Å². The molecule has 0 spiro atoms. The van der Waals surface area contributed by atoms with E-state index >= 15 is 0 Å². The minimum atomic E-state index is -0.908. The number of morpholine rings is 1. The maximum absolute atomic E-state index is 11.7. The molecule has 12 nitrogen and oxygen atoms in total. The number of amides is 1. The summed E-state index contributed by atoms with van der Waals surface area (Å²) in [7, 11) is 1.59. The number of carboxylic acid groups (broad SMARTS) is 1. The second kappa shape index (κ2) is 9.45. The standard InChI is InChI=1S/C26H27N7O5/c1-15-7-21(22(12-27-15)38-20-9-18-13-37-14-19(10-20)33(18)26(35)36)16-5-6-32-17(8-16)11-24(30-32)28-23-3-4-25(34)31(2)29-23/h3-8,11-12,18-20H,9-10,13-14H2,1-2H3,(H,35,36)(H,28,29,30)/t18-,19+,20?. The third-order valence-corrected chi connectivity index (χ3v) is 6.99. The SMILES string of the molecule is Cc1cc(-c2ccn3nc(Nc4ccc(=O)n(C)n4)cc3c2)c(OC2C[C@H]3COC[C@@H](C2)N3C(=O)O)cn1. The van der Waals surface area contributed by atoms with Gasteiger partial charge in [0.05, 0.1) is 37.0 Å². The van der Waals surface area contributed by atoms with Crippen LogP contribution >= 0.6 is 0 Å². The van der Waals surface area contributed by atoms with E-state index in [2.05, 4.69) is 20.5 Å². The summed E-state index contributed by atoms with van der Waals surface area (Å²) in [4.78, 5) is 29.3. The average Bonchev–Trinajstić information content (AvgIpc) is 3.28. The van der Waals surface area contributed by atoms with Gasteiger partial charge in [-0.3, -0.25) is 14.7 Å². The zero-order chi connectivity index (χ0) is 26.4. The highest BCUT2D eigenvalue weighted by atomic mass is 16.5. The topological polar surface area (TPSA) is 136 Å². The van der Waals surface area contributed by atoms with Crippen LogP contribution in [0.1, 0.15) is 18.5 Å². The maximum atomic E-state index is 11.7. The number of hydrogen-bond acceptors (Lipinski definition) is 8. The molecule has 6 rings (SSSR count). The fourth-order valence-electron chi connectivity index (χ4n) is 5.24. The third-order valence-electron chi connectivity index (χ3n) is 6.99. The van der Waals surface area contributed by atoms with E-state index in [1.807, 2.05) is 37.4 Å². The number of carbonyl (C=O) groups is 1. The Balaban J connectivity index is 1.26. The van der Waals surface area contributed by atoms with Crippen molar-refractivity contribution < 1.29 is 19.4 Å².